The molecular weight excluding hydrogens is 298 g/mol. The zero-order valence-corrected chi connectivity index (χ0v) is 12.5. The molecular formula is C16H13N3O4. The lowest BCUT2D eigenvalue weighted by molar-refractivity contribution is -0.384. The van der Waals surface area contributed by atoms with E-state index in [9.17, 15) is 10.1 Å². The molecule has 0 bridgehead atoms. The van der Waals surface area contributed by atoms with Crippen molar-refractivity contribution in [1.82, 2.24) is 9.97 Å². The van der Waals surface area contributed by atoms with Crippen molar-refractivity contribution in [2.45, 2.75) is 0 Å². The van der Waals surface area contributed by atoms with E-state index in [2.05, 4.69) is 9.97 Å². The number of non-ortho nitro benzene ring substituents is 1. The summed E-state index contributed by atoms with van der Waals surface area (Å²) in [4.78, 5) is 18.9. The Labute approximate surface area is 131 Å². The normalized spacial score (nSPS) is 10.5. The Hall–Kier alpha value is -3.22. The van der Waals surface area contributed by atoms with E-state index >= 15 is 0 Å². The van der Waals surface area contributed by atoms with Gasteiger partial charge in [0, 0.05) is 12.1 Å². The van der Waals surface area contributed by atoms with Crippen molar-refractivity contribution >= 4 is 16.6 Å². The van der Waals surface area contributed by atoms with E-state index in [0.717, 1.165) is 16.5 Å². The van der Waals surface area contributed by atoms with Crippen LogP contribution in [0.5, 0.6) is 11.9 Å². The highest BCUT2D eigenvalue weighted by Crippen LogP contribution is 2.30. The molecule has 116 valence electrons. The fraction of sp³-hybridized carbons (Fsp3) is 0.125. The third-order valence-corrected chi connectivity index (χ3v) is 3.41. The molecule has 0 radical (unpaired) electrons. The SMILES string of the molecule is COc1nc(OC)c2ccc(-c3cccc([N+](=O)[O-])c3)cc2n1. The summed E-state index contributed by atoms with van der Waals surface area (Å²) in [5.74, 6) is 0.414. The third kappa shape index (κ3) is 2.76. The molecule has 0 aliphatic heterocycles. The first kappa shape index (κ1) is 14.7. The fourth-order valence-electron chi connectivity index (χ4n) is 2.31. The van der Waals surface area contributed by atoms with Crippen molar-refractivity contribution in [3.8, 4) is 23.0 Å². The molecule has 0 atom stereocenters. The van der Waals surface area contributed by atoms with Crippen LogP contribution in [0.2, 0.25) is 0 Å². The minimum absolute atomic E-state index is 0.0421. The summed E-state index contributed by atoms with van der Waals surface area (Å²) in [5, 5.41) is 11.7. The molecule has 23 heavy (non-hydrogen) atoms. The van der Waals surface area contributed by atoms with Crippen LogP contribution in [0.15, 0.2) is 42.5 Å². The lowest BCUT2D eigenvalue weighted by Crippen LogP contribution is -1.97. The minimum Gasteiger partial charge on any atom is -0.480 e. The zero-order chi connectivity index (χ0) is 16.4. The van der Waals surface area contributed by atoms with Crippen LogP contribution < -0.4 is 9.47 Å². The molecule has 0 fully saturated rings. The molecule has 0 amide bonds. The van der Waals surface area contributed by atoms with Crippen LogP contribution in [0.3, 0.4) is 0 Å². The maximum atomic E-state index is 10.9. The molecule has 0 saturated carbocycles. The van der Waals surface area contributed by atoms with Crippen LogP contribution in [-0.2, 0) is 0 Å². The van der Waals surface area contributed by atoms with Gasteiger partial charge in [0.2, 0.25) is 5.88 Å². The second-order valence-corrected chi connectivity index (χ2v) is 4.76. The predicted molar refractivity (Wildman–Crippen MR) is 84.7 cm³/mol. The standard InChI is InChI=1S/C16H13N3O4/c1-22-15-13-7-6-11(9-14(13)17-16(18-15)23-2)10-4-3-5-12(8-10)19(20)21/h3-9H,1-2H3. The molecule has 0 unspecified atom stereocenters. The monoisotopic (exact) mass is 311 g/mol. The average molecular weight is 311 g/mol. The molecule has 3 aromatic rings. The van der Waals surface area contributed by atoms with Gasteiger partial charge in [-0.15, -0.1) is 0 Å². The molecule has 2 aromatic carbocycles. The number of benzene rings is 2. The van der Waals surface area contributed by atoms with Crippen molar-refractivity contribution in [2.75, 3.05) is 14.2 Å². The first-order valence-electron chi connectivity index (χ1n) is 6.77. The highest BCUT2D eigenvalue weighted by molar-refractivity contribution is 5.88. The lowest BCUT2D eigenvalue weighted by Gasteiger charge is -2.08. The van der Waals surface area contributed by atoms with Crippen LogP contribution in [0.4, 0.5) is 5.69 Å². The highest BCUT2D eigenvalue weighted by atomic mass is 16.6. The van der Waals surface area contributed by atoms with Crippen molar-refractivity contribution in [1.29, 1.82) is 0 Å². The van der Waals surface area contributed by atoms with Gasteiger partial charge in [-0.1, -0.05) is 18.2 Å². The van der Waals surface area contributed by atoms with E-state index in [1.165, 1.54) is 26.4 Å². The number of aromatic nitrogens is 2. The van der Waals surface area contributed by atoms with Crippen LogP contribution >= 0.6 is 0 Å². The number of hydrogen-bond donors (Lipinski definition) is 0. The number of nitro groups is 1. The van der Waals surface area contributed by atoms with Crippen molar-refractivity contribution < 1.29 is 14.4 Å². The molecule has 0 spiro atoms. The van der Waals surface area contributed by atoms with Crippen LogP contribution in [0.1, 0.15) is 0 Å². The molecule has 1 heterocycles. The second kappa shape index (κ2) is 5.88. The Morgan fingerprint density at radius 3 is 2.48 bits per heavy atom. The van der Waals surface area contributed by atoms with Gasteiger partial charge in [0.05, 0.1) is 30.0 Å². The summed E-state index contributed by atoms with van der Waals surface area (Å²) in [6, 6.07) is 12.1. The van der Waals surface area contributed by atoms with Crippen molar-refractivity contribution in [3.63, 3.8) is 0 Å². The lowest BCUT2D eigenvalue weighted by atomic mass is 10.0. The van der Waals surface area contributed by atoms with E-state index in [0.29, 0.717) is 11.4 Å². The Kier molecular flexibility index (Phi) is 3.76. The fourth-order valence-corrected chi connectivity index (χ4v) is 2.31. The van der Waals surface area contributed by atoms with Crippen molar-refractivity contribution in [2.24, 2.45) is 0 Å². The Balaban J connectivity index is 2.16. The Bertz CT molecular complexity index is 896. The maximum absolute atomic E-state index is 10.9. The van der Waals surface area contributed by atoms with Crippen molar-refractivity contribution in [3.05, 3.63) is 52.6 Å². The average Bonchev–Trinajstić information content (AvgIpc) is 2.60. The molecule has 3 rings (SSSR count). The number of nitrogens with zero attached hydrogens (tertiary/aromatic N) is 3. The quantitative estimate of drug-likeness (QED) is 0.543. The summed E-state index contributed by atoms with van der Waals surface area (Å²) in [6.07, 6.45) is 0. The predicted octanol–water partition coefficient (Wildman–Crippen LogP) is 3.22. The minimum atomic E-state index is -0.418. The molecule has 1 aromatic heterocycles. The van der Waals surface area contributed by atoms with E-state index < -0.39 is 4.92 Å². The van der Waals surface area contributed by atoms with Gasteiger partial charge in [0.1, 0.15) is 0 Å². The Morgan fingerprint density at radius 2 is 1.78 bits per heavy atom. The third-order valence-electron chi connectivity index (χ3n) is 3.41. The maximum Gasteiger partial charge on any atom is 0.320 e. The molecule has 0 N–H and O–H groups in total. The van der Waals surface area contributed by atoms with E-state index in [1.54, 1.807) is 6.07 Å². The van der Waals surface area contributed by atoms with Gasteiger partial charge >= 0.3 is 6.01 Å². The number of methoxy groups -OCH3 is 2. The Morgan fingerprint density at radius 1 is 1.00 bits per heavy atom. The molecule has 0 saturated heterocycles. The van der Waals surface area contributed by atoms with Gasteiger partial charge < -0.3 is 9.47 Å². The topological polar surface area (TPSA) is 87.4 Å². The summed E-state index contributed by atoms with van der Waals surface area (Å²) in [6.45, 7) is 0. The number of rotatable bonds is 4. The number of ether oxygens (including phenoxy) is 2. The first-order chi connectivity index (χ1) is 11.1. The van der Waals surface area contributed by atoms with E-state index in [-0.39, 0.29) is 11.7 Å². The van der Waals surface area contributed by atoms with E-state index in [1.807, 2.05) is 24.3 Å². The highest BCUT2D eigenvalue weighted by Gasteiger charge is 2.11. The molecule has 7 heteroatoms. The van der Waals surface area contributed by atoms with Gasteiger partial charge in [0.15, 0.2) is 0 Å². The largest absolute Gasteiger partial charge is 0.480 e. The number of nitro benzene ring substituents is 1. The smallest absolute Gasteiger partial charge is 0.320 e. The summed E-state index contributed by atoms with van der Waals surface area (Å²) in [5.41, 5.74) is 2.22. The zero-order valence-electron chi connectivity index (χ0n) is 12.5. The van der Waals surface area contributed by atoms with Gasteiger partial charge in [0.25, 0.3) is 5.69 Å². The molecule has 0 aliphatic rings. The first-order valence-corrected chi connectivity index (χ1v) is 6.77. The van der Waals surface area contributed by atoms with E-state index in [4.69, 9.17) is 9.47 Å². The summed E-state index contributed by atoms with van der Waals surface area (Å²) >= 11 is 0. The van der Waals surface area contributed by atoms with Crippen LogP contribution in [0.25, 0.3) is 22.0 Å². The van der Waals surface area contributed by atoms with Crippen LogP contribution in [-0.4, -0.2) is 29.1 Å². The molecule has 0 aliphatic carbocycles. The van der Waals surface area contributed by atoms with Crippen LogP contribution in [0, 0.1) is 10.1 Å². The van der Waals surface area contributed by atoms with Gasteiger partial charge in [-0.2, -0.15) is 9.97 Å². The summed E-state index contributed by atoms with van der Waals surface area (Å²) < 4.78 is 10.3. The van der Waals surface area contributed by atoms with Gasteiger partial charge in [-0.25, -0.2) is 0 Å². The summed E-state index contributed by atoms with van der Waals surface area (Å²) in [7, 11) is 3.00. The van der Waals surface area contributed by atoms with Gasteiger partial charge in [-0.3, -0.25) is 10.1 Å². The number of hydrogen-bond acceptors (Lipinski definition) is 6. The molecule has 7 nitrogen and oxygen atoms in total. The van der Waals surface area contributed by atoms with Gasteiger partial charge in [-0.05, 0) is 23.3 Å². The second-order valence-electron chi connectivity index (χ2n) is 4.76. The number of fused-ring (bicyclic) bond motifs is 1.